The molecule has 0 saturated carbocycles. The van der Waals surface area contributed by atoms with Gasteiger partial charge in [-0.2, -0.15) is 0 Å². The summed E-state index contributed by atoms with van der Waals surface area (Å²) in [4.78, 5) is 4.69. The van der Waals surface area contributed by atoms with Crippen LogP contribution in [-0.4, -0.2) is 42.6 Å². The van der Waals surface area contributed by atoms with Crippen molar-refractivity contribution in [1.29, 1.82) is 0 Å². The predicted molar refractivity (Wildman–Crippen MR) is 50.7 cm³/mol. The molecular weight excluding hydrogens is 136 g/mol. The van der Waals surface area contributed by atoms with Gasteiger partial charge in [-0.25, -0.2) is 0 Å². The monoisotopic (exact) mass is 158 g/mol. The standard InChI is InChI=1S/C9H22N2/c1-7-10(5)9(3,4)11(6)8-2/h7-8H2,1-6H3. The summed E-state index contributed by atoms with van der Waals surface area (Å²) < 4.78 is 0. The number of hydrogen-bond acceptors (Lipinski definition) is 2. The van der Waals surface area contributed by atoms with E-state index in [1.807, 2.05) is 0 Å². The van der Waals surface area contributed by atoms with Crippen molar-refractivity contribution in [2.24, 2.45) is 0 Å². The number of nitrogens with zero attached hydrogens (tertiary/aromatic N) is 2. The van der Waals surface area contributed by atoms with Gasteiger partial charge in [-0.1, -0.05) is 13.8 Å². The van der Waals surface area contributed by atoms with Gasteiger partial charge in [0, 0.05) is 0 Å². The van der Waals surface area contributed by atoms with Gasteiger partial charge in [-0.05, 0) is 41.0 Å². The summed E-state index contributed by atoms with van der Waals surface area (Å²) in [5, 5.41) is 0. The van der Waals surface area contributed by atoms with Gasteiger partial charge in [0.2, 0.25) is 0 Å². The van der Waals surface area contributed by atoms with Crippen LogP contribution in [0.15, 0.2) is 0 Å². The van der Waals surface area contributed by atoms with E-state index >= 15 is 0 Å². The van der Waals surface area contributed by atoms with Crippen LogP contribution >= 0.6 is 0 Å². The Morgan fingerprint density at radius 3 is 1.36 bits per heavy atom. The molecule has 0 bridgehead atoms. The van der Waals surface area contributed by atoms with Gasteiger partial charge in [0.15, 0.2) is 0 Å². The molecule has 0 radical (unpaired) electrons. The molecule has 0 rings (SSSR count). The second-order valence-electron chi connectivity index (χ2n) is 3.52. The summed E-state index contributed by atoms with van der Waals surface area (Å²) >= 11 is 0. The minimum Gasteiger partial charge on any atom is -0.289 e. The van der Waals surface area contributed by atoms with E-state index in [1.165, 1.54) is 0 Å². The fourth-order valence-electron chi connectivity index (χ4n) is 1.07. The summed E-state index contributed by atoms with van der Waals surface area (Å²) in [7, 11) is 4.32. The Bertz CT molecular complexity index is 98.1. The maximum atomic E-state index is 2.34. The van der Waals surface area contributed by atoms with Crippen LogP contribution in [0.25, 0.3) is 0 Å². The third-order valence-electron chi connectivity index (χ3n) is 2.82. The smallest absolute Gasteiger partial charge is 0.0674 e. The highest BCUT2D eigenvalue weighted by Gasteiger charge is 2.25. The molecular formula is C9H22N2. The lowest BCUT2D eigenvalue weighted by Gasteiger charge is -2.42. The van der Waals surface area contributed by atoms with Crippen molar-refractivity contribution in [2.75, 3.05) is 27.2 Å². The lowest BCUT2D eigenvalue weighted by molar-refractivity contribution is 0.00896. The normalized spacial score (nSPS) is 13.1. The molecule has 0 aromatic heterocycles. The van der Waals surface area contributed by atoms with Crippen molar-refractivity contribution < 1.29 is 0 Å². The van der Waals surface area contributed by atoms with Crippen LogP contribution in [0.5, 0.6) is 0 Å². The molecule has 0 aliphatic carbocycles. The maximum Gasteiger partial charge on any atom is 0.0674 e. The first kappa shape index (κ1) is 10.9. The highest BCUT2D eigenvalue weighted by molar-refractivity contribution is 4.76. The molecule has 0 heterocycles. The average Bonchev–Trinajstić information content (AvgIpc) is 2.01. The molecule has 0 aliphatic rings. The van der Waals surface area contributed by atoms with Crippen molar-refractivity contribution in [3.05, 3.63) is 0 Å². The van der Waals surface area contributed by atoms with Gasteiger partial charge in [0.1, 0.15) is 0 Å². The third-order valence-corrected chi connectivity index (χ3v) is 2.82. The summed E-state index contributed by atoms with van der Waals surface area (Å²) in [6.45, 7) is 11.1. The second-order valence-corrected chi connectivity index (χ2v) is 3.52. The van der Waals surface area contributed by atoms with Crippen LogP contribution in [-0.2, 0) is 0 Å². The number of rotatable bonds is 4. The molecule has 0 saturated heterocycles. The molecule has 0 atom stereocenters. The Hall–Kier alpha value is -0.0800. The number of hydrogen-bond donors (Lipinski definition) is 0. The Kier molecular flexibility index (Phi) is 4.04. The zero-order valence-corrected chi connectivity index (χ0v) is 8.81. The highest BCUT2D eigenvalue weighted by atomic mass is 15.4. The van der Waals surface area contributed by atoms with Crippen molar-refractivity contribution in [3.8, 4) is 0 Å². The van der Waals surface area contributed by atoms with E-state index in [0.29, 0.717) is 0 Å². The van der Waals surface area contributed by atoms with E-state index in [0.717, 1.165) is 13.1 Å². The van der Waals surface area contributed by atoms with Crippen LogP contribution in [0, 0.1) is 0 Å². The summed E-state index contributed by atoms with van der Waals surface area (Å²) in [6.07, 6.45) is 0. The van der Waals surface area contributed by atoms with Crippen LogP contribution in [0.2, 0.25) is 0 Å². The predicted octanol–water partition coefficient (Wildman–Crippen LogP) is 1.63. The van der Waals surface area contributed by atoms with Gasteiger partial charge in [-0.3, -0.25) is 9.80 Å². The molecule has 0 spiro atoms. The quantitative estimate of drug-likeness (QED) is 0.574. The molecule has 0 amide bonds. The first-order valence-electron chi connectivity index (χ1n) is 4.39. The van der Waals surface area contributed by atoms with E-state index in [-0.39, 0.29) is 5.66 Å². The van der Waals surface area contributed by atoms with E-state index in [2.05, 4.69) is 51.6 Å². The van der Waals surface area contributed by atoms with Crippen LogP contribution in [0.1, 0.15) is 27.7 Å². The molecule has 0 aromatic carbocycles. The van der Waals surface area contributed by atoms with E-state index < -0.39 is 0 Å². The lowest BCUT2D eigenvalue weighted by atomic mass is 10.2. The minimum atomic E-state index is 0.184. The molecule has 68 valence electrons. The molecule has 0 aromatic rings. The molecule has 2 heteroatoms. The lowest BCUT2D eigenvalue weighted by Crippen LogP contribution is -2.53. The van der Waals surface area contributed by atoms with Crippen molar-refractivity contribution in [1.82, 2.24) is 9.80 Å². The molecule has 11 heavy (non-hydrogen) atoms. The zero-order valence-electron chi connectivity index (χ0n) is 8.81. The molecule has 2 nitrogen and oxygen atoms in total. The van der Waals surface area contributed by atoms with Gasteiger partial charge in [0.05, 0.1) is 5.66 Å². The highest BCUT2D eigenvalue weighted by Crippen LogP contribution is 2.15. The van der Waals surface area contributed by atoms with Gasteiger partial charge in [0.25, 0.3) is 0 Å². The zero-order chi connectivity index (χ0) is 9.07. The Morgan fingerprint density at radius 2 is 1.18 bits per heavy atom. The SMILES string of the molecule is CCN(C)C(C)(C)N(C)CC. The first-order valence-corrected chi connectivity index (χ1v) is 4.39. The fourth-order valence-corrected chi connectivity index (χ4v) is 1.07. The van der Waals surface area contributed by atoms with Gasteiger partial charge in [-0.15, -0.1) is 0 Å². The molecule has 0 N–H and O–H groups in total. The first-order chi connectivity index (χ1) is 4.96. The fraction of sp³-hybridized carbons (Fsp3) is 1.00. The molecule has 0 fully saturated rings. The van der Waals surface area contributed by atoms with Gasteiger partial charge >= 0.3 is 0 Å². The van der Waals surface area contributed by atoms with Crippen LogP contribution in [0.4, 0.5) is 0 Å². The van der Waals surface area contributed by atoms with E-state index in [4.69, 9.17) is 0 Å². The van der Waals surface area contributed by atoms with Crippen molar-refractivity contribution >= 4 is 0 Å². The van der Waals surface area contributed by atoms with Crippen molar-refractivity contribution in [3.63, 3.8) is 0 Å². The van der Waals surface area contributed by atoms with E-state index in [1.54, 1.807) is 0 Å². The van der Waals surface area contributed by atoms with E-state index in [9.17, 15) is 0 Å². The topological polar surface area (TPSA) is 6.48 Å². The van der Waals surface area contributed by atoms with Gasteiger partial charge < -0.3 is 0 Å². The largest absolute Gasteiger partial charge is 0.289 e. The van der Waals surface area contributed by atoms with Crippen LogP contribution < -0.4 is 0 Å². The second kappa shape index (κ2) is 4.07. The Labute approximate surface area is 71.2 Å². The molecule has 0 aliphatic heterocycles. The van der Waals surface area contributed by atoms with Crippen LogP contribution in [0.3, 0.4) is 0 Å². The van der Waals surface area contributed by atoms with Crippen molar-refractivity contribution in [2.45, 2.75) is 33.4 Å². The maximum absolute atomic E-state index is 2.34. The summed E-state index contributed by atoms with van der Waals surface area (Å²) in [5.74, 6) is 0. The average molecular weight is 158 g/mol. The Balaban J connectivity index is 4.18. The summed E-state index contributed by atoms with van der Waals surface area (Å²) in [6, 6.07) is 0. The summed E-state index contributed by atoms with van der Waals surface area (Å²) in [5.41, 5.74) is 0.184. The Morgan fingerprint density at radius 1 is 0.909 bits per heavy atom. The third kappa shape index (κ3) is 2.46. The molecule has 0 unspecified atom stereocenters. The minimum absolute atomic E-state index is 0.184.